The standard InChI is InChI=1S/C19H14Cl3P.BrH/c20-16-7-1-13(2-8-16)19(23,14-3-9-17(21)10-4-14)15-5-11-18(22)12-6-15;/h1-12H,23H2;1H. The maximum Gasteiger partial charge on any atom is 0.147 e. The molecule has 0 saturated heterocycles. The highest BCUT2D eigenvalue weighted by Crippen LogP contribution is 2.45. The average Bonchev–Trinajstić information content (AvgIpc) is 2.56. The van der Waals surface area contributed by atoms with E-state index >= 15 is 0 Å². The Hall–Kier alpha value is -0.560. The maximum atomic E-state index is 6.06. The van der Waals surface area contributed by atoms with Crippen LogP contribution in [0.1, 0.15) is 16.7 Å². The van der Waals surface area contributed by atoms with Gasteiger partial charge in [-0.25, -0.2) is 0 Å². The predicted octanol–water partition coefficient (Wildman–Crippen LogP) is 3.55. The van der Waals surface area contributed by atoms with E-state index < -0.39 is 0 Å². The fourth-order valence-electron chi connectivity index (χ4n) is 2.70. The Kier molecular flexibility index (Phi) is 6.76. The minimum atomic E-state index is -0.292. The van der Waals surface area contributed by atoms with Gasteiger partial charge in [0.25, 0.3) is 0 Å². The lowest BCUT2D eigenvalue weighted by Gasteiger charge is -2.27. The normalized spacial score (nSPS) is 11.1. The summed E-state index contributed by atoms with van der Waals surface area (Å²) in [5.74, 6) is 0. The zero-order valence-electron chi connectivity index (χ0n) is 12.6. The monoisotopic (exact) mass is 458 g/mol. The molecule has 0 N–H and O–H groups in total. The molecule has 0 spiro atoms. The molecule has 0 heterocycles. The van der Waals surface area contributed by atoms with Gasteiger partial charge in [0.05, 0.1) is 0 Å². The molecule has 0 aliphatic carbocycles. The third kappa shape index (κ3) is 3.98. The molecule has 5 heteroatoms. The molecular formula is C19H15BrCl3P. The van der Waals surface area contributed by atoms with Crippen molar-refractivity contribution in [2.45, 2.75) is 5.16 Å². The van der Waals surface area contributed by atoms with Crippen molar-refractivity contribution in [3.63, 3.8) is 0 Å². The highest BCUT2D eigenvalue weighted by molar-refractivity contribution is 7.19. The molecule has 0 amide bonds. The van der Waals surface area contributed by atoms with Crippen molar-refractivity contribution in [1.82, 2.24) is 0 Å². The van der Waals surface area contributed by atoms with Gasteiger partial charge in [0, 0.05) is 31.8 Å². The molecule has 3 aromatic rings. The fraction of sp³-hybridized carbons (Fsp3) is 0.0526. The Morgan fingerprint density at radius 2 is 0.708 bits per heavy atom. The molecule has 0 radical (unpaired) electrons. The minimum absolute atomic E-state index is 0. The Balaban J connectivity index is 0.00000208. The van der Waals surface area contributed by atoms with Gasteiger partial charge in [-0.2, -0.15) is 0 Å². The quantitative estimate of drug-likeness (QED) is 0.414. The van der Waals surface area contributed by atoms with Crippen LogP contribution in [0.25, 0.3) is 0 Å². The van der Waals surface area contributed by atoms with E-state index in [2.05, 4.69) is 36.4 Å². The molecule has 3 rings (SSSR count). The van der Waals surface area contributed by atoms with Crippen LogP contribution in [0, 0.1) is 0 Å². The first-order valence-corrected chi connectivity index (χ1v) is 8.98. The molecule has 1 atom stereocenters. The minimum Gasteiger partial charge on any atom is -1.00 e. The second kappa shape index (κ2) is 8.21. The largest absolute Gasteiger partial charge is 1.00 e. The maximum absolute atomic E-state index is 6.06. The van der Waals surface area contributed by atoms with Crippen molar-refractivity contribution >= 4 is 44.0 Å². The van der Waals surface area contributed by atoms with Crippen molar-refractivity contribution in [1.29, 1.82) is 0 Å². The van der Waals surface area contributed by atoms with Gasteiger partial charge in [0.1, 0.15) is 5.16 Å². The number of hydrogen-bond acceptors (Lipinski definition) is 0. The molecule has 0 nitrogen and oxygen atoms in total. The third-order valence-corrected chi connectivity index (χ3v) is 5.99. The average molecular weight is 461 g/mol. The number of hydrogen-bond donors (Lipinski definition) is 0. The summed E-state index contributed by atoms with van der Waals surface area (Å²) in [5, 5.41) is 1.89. The van der Waals surface area contributed by atoms with Crippen LogP contribution < -0.4 is 17.0 Å². The van der Waals surface area contributed by atoms with Crippen LogP contribution in [-0.2, 0) is 5.16 Å². The van der Waals surface area contributed by atoms with Crippen molar-refractivity contribution < 1.29 is 17.0 Å². The SMILES string of the molecule is [Br-].[PH3+]C(c1ccc(Cl)cc1)(c1ccc(Cl)cc1)c1ccc(Cl)cc1. The van der Waals surface area contributed by atoms with E-state index in [-0.39, 0.29) is 22.1 Å². The lowest BCUT2D eigenvalue weighted by atomic mass is 9.84. The fourth-order valence-corrected chi connectivity index (χ4v) is 3.79. The van der Waals surface area contributed by atoms with Gasteiger partial charge in [-0.3, -0.25) is 0 Å². The summed E-state index contributed by atoms with van der Waals surface area (Å²) < 4.78 is 0. The lowest BCUT2D eigenvalue weighted by Crippen LogP contribution is -3.00. The van der Waals surface area contributed by atoms with Crippen LogP contribution in [0.3, 0.4) is 0 Å². The molecule has 0 fully saturated rings. The van der Waals surface area contributed by atoms with E-state index in [1.165, 1.54) is 16.7 Å². The van der Waals surface area contributed by atoms with E-state index in [4.69, 9.17) is 34.8 Å². The summed E-state index contributed by atoms with van der Waals surface area (Å²) in [6.45, 7) is 0. The Morgan fingerprint density at radius 3 is 0.917 bits per heavy atom. The van der Waals surface area contributed by atoms with Crippen molar-refractivity contribution in [3.8, 4) is 0 Å². The number of rotatable bonds is 3. The first kappa shape index (κ1) is 19.8. The molecule has 0 aliphatic heterocycles. The van der Waals surface area contributed by atoms with Gasteiger partial charge in [-0.1, -0.05) is 71.2 Å². The Morgan fingerprint density at radius 1 is 0.500 bits per heavy atom. The lowest BCUT2D eigenvalue weighted by molar-refractivity contribution is -0.00000411. The molecule has 0 aromatic heterocycles. The van der Waals surface area contributed by atoms with Crippen LogP contribution >= 0.6 is 44.0 Å². The van der Waals surface area contributed by atoms with E-state index in [1.807, 2.05) is 45.6 Å². The zero-order valence-corrected chi connectivity index (χ0v) is 17.9. The molecule has 3 aromatic carbocycles. The Bertz CT molecular complexity index is 689. The molecule has 24 heavy (non-hydrogen) atoms. The predicted molar refractivity (Wildman–Crippen MR) is 105 cm³/mol. The van der Waals surface area contributed by atoms with Crippen LogP contribution in [-0.4, -0.2) is 0 Å². The third-order valence-electron chi connectivity index (χ3n) is 4.01. The second-order valence-electron chi connectivity index (χ2n) is 5.43. The first-order valence-electron chi connectivity index (χ1n) is 7.13. The van der Waals surface area contributed by atoms with Gasteiger partial charge >= 0.3 is 0 Å². The van der Waals surface area contributed by atoms with Crippen LogP contribution in [0.15, 0.2) is 72.8 Å². The topological polar surface area (TPSA) is 0 Å². The van der Waals surface area contributed by atoms with Crippen LogP contribution in [0.4, 0.5) is 0 Å². The smallest absolute Gasteiger partial charge is 0.147 e. The summed E-state index contributed by atoms with van der Waals surface area (Å²) >= 11 is 18.2. The molecule has 0 aliphatic rings. The highest BCUT2D eigenvalue weighted by Gasteiger charge is 2.36. The van der Waals surface area contributed by atoms with Gasteiger partial charge < -0.3 is 17.0 Å². The summed E-state index contributed by atoms with van der Waals surface area (Å²) in [6.07, 6.45) is 0. The van der Waals surface area contributed by atoms with E-state index in [9.17, 15) is 0 Å². The molecule has 0 saturated carbocycles. The first-order chi connectivity index (χ1) is 11.0. The van der Waals surface area contributed by atoms with Gasteiger partial charge in [0.2, 0.25) is 0 Å². The zero-order chi connectivity index (χ0) is 16.4. The van der Waals surface area contributed by atoms with Crippen LogP contribution in [0.2, 0.25) is 15.1 Å². The Labute approximate surface area is 170 Å². The summed E-state index contributed by atoms with van der Waals surface area (Å²) in [7, 11) is 1.94. The van der Waals surface area contributed by atoms with Crippen molar-refractivity contribution in [2.24, 2.45) is 0 Å². The van der Waals surface area contributed by atoms with Crippen molar-refractivity contribution in [2.75, 3.05) is 0 Å². The second-order valence-corrected chi connectivity index (χ2v) is 7.80. The number of halogens is 4. The van der Waals surface area contributed by atoms with Gasteiger partial charge in [-0.15, -0.1) is 0 Å². The molecule has 124 valence electrons. The van der Waals surface area contributed by atoms with E-state index in [0.29, 0.717) is 0 Å². The summed E-state index contributed by atoms with van der Waals surface area (Å²) in [6, 6.07) is 23.9. The highest BCUT2D eigenvalue weighted by atomic mass is 79.9. The number of benzene rings is 3. The van der Waals surface area contributed by atoms with Gasteiger partial charge in [0.15, 0.2) is 0 Å². The van der Waals surface area contributed by atoms with Crippen molar-refractivity contribution in [3.05, 3.63) is 105 Å². The molecule has 0 bridgehead atoms. The molecule has 1 unspecified atom stereocenters. The van der Waals surface area contributed by atoms with Gasteiger partial charge in [-0.05, 0) is 45.6 Å². The van der Waals surface area contributed by atoms with E-state index in [1.54, 1.807) is 0 Å². The summed E-state index contributed by atoms with van der Waals surface area (Å²) in [5.41, 5.74) is 3.51. The molecular weight excluding hydrogens is 445 g/mol. The summed E-state index contributed by atoms with van der Waals surface area (Å²) in [4.78, 5) is 0. The van der Waals surface area contributed by atoms with Crippen LogP contribution in [0.5, 0.6) is 0 Å². The van der Waals surface area contributed by atoms with E-state index in [0.717, 1.165) is 15.1 Å².